The molecule has 3 rings (SSSR count). The fourth-order valence-electron chi connectivity index (χ4n) is 4.41. The van der Waals surface area contributed by atoms with Gasteiger partial charge in [-0.3, -0.25) is 14.4 Å². The fraction of sp³-hybridized carbons (Fsp3) is 0.321. The topological polar surface area (TPSA) is 71.4 Å². The molecule has 6 heteroatoms. The standard InChI is InChI=1S/C28H33N3O3/c1-19(2)25(26(32)29-4)31(28(34)23-16-20(3)27(33)30(5)17-23)18-24(21-12-8-6-9-13-21)22-14-10-7-11-15-22/h6-17,19,24-25H,18H2,1-5H3,(H,29,32). The van der Waals surface area contributed by atoms with Crippen LogP contribution in [0.15, 0.2) is 77.7 Å². The Bertz CT molecular complexity index is 1120. The van der Waals surface area contributed by atoms with Crippen LogP contribution in [0.4, 0.5) is 0 Å². The minimum absolute atomic E-state index is 0.121. The SMILES string of the molecule is CNC(=O)C(C(C)C)N(CC(c1ccccc1)c1ccccc1)C(=O)c1cc(C)c(=O)n(C)c1. The number of aromatic nitrogens is 1. The van der Waals surface area contributed by atoms with Gasteiger partial charge in [0.1, 0.15) is 6.04 Å². The Morgan fingerprint density at radius 1 is 0.971 bits per heavy atom. The van der Waals surface area contributed by atoms with Crippen molar-refractivity contribution < 1.29 is 9.59 Å². The van der Waals surface area contributed by atoms with Crippen LogP contribution in [0.25, 0.3) is 0 Å². The van der Waals surface area contributed by atoms with E-state index in [0.29, 0.717) is 17.7 Å². The van der Waals surface area contributed by atoms with Crippen LogP contribution in [0, 0.1) is 12.8 Å². The number of likely N-dealkylation sites (N-methyl/N-ethyl adjacent to an activating group) is 1. The monoisotopic (exact) mass is 459 g/mol. The van der Waals surface area contributed by atoms with E-state index in [2.05, 4.69) is 5.32 Å². The van der Waals surface area contributed by atoms with Gasteiger partial charge in [0.05, 0.1) is 5.56 Å². The van der Waals surface area contributed by atoms with Crippen molar-refractivity contribution in [2.45, 2.75) is 32.7 Å². The van der Waals surface area contributed by atoms with Gasteiger partial charge < -0.3 is 14.8 Å². The van der Waals surface area contributed by atoms with Crippen molar-refractivity contribution in [2.75, 3.05) is 13.6 Å². The predicted octanol–water partition coefficient (Wildman–Crippen LogP) is 3.74. The highest BCUT2D eigenvalue weighted by Crippen LogP contribution is 2.28. The second-order valence-electron chi connectivity index (χ2n) is 8.96. The van der Waals surface area contributed by atoms with Crippen molar-refractivity contribution in [1.82, 2.24) is 14.8 Å². The summed E-state index contributed by atoms with van der Waals surface area (Å²) in [4.78, 5) is 40.9. The van der Waals surface area contributed by atoms with Gasteiger partial charge in [-0.05, 0) is 30.0 Å². The van der Waals surface area contributed by atoms with Crippen molar-refractivity contribution in [3.63, 3.8) is 0 Å². The van der Waals surface area contributed by atoms with E-state index in [0.717, 1.165) is 11.1 Å². The molecule has 0 saturated carbocycles. The van der Waals surface area contributed by atoms with Crippen LogP contribution in [0.1, 0.15) is 46.8 Å². The molecule has 1 aromatic heterocycles. The van der Waals surface area contributed by atoms with E-state index < -0.39 is 6.04 Å². The van der Waals surface area contributed by atoms with Crippen molar-refractivity contribution in [3.8, 4) is 0 Å². The first-order valence-corrected chi connectivity index (χ1v) is 11.5. The number of hydrogen-bond acceptors (Lipinski definition) is 3. The molecule has 6 nitrogen and oxygen atoms in total. The summed E-state index contributed by atoms with van der Waals surface area (Å²) in [5.74, 6) is -0.752. The number of carbonyl (C=O) groups excluding carboxylic acids is 2. The van der Waals surface area contributed by atoms with E-state index in [4.69, 9.17) is 0 Å². The number of benzene rings is 2. The summed E-state index contributed by atoms with van der Waals surface area (Å²) in [6, 6.07) is 20.9. The average Bonchev–Trinajstić information content (AvgIpc) is 2.84. The van der Waals surface area contributed by atoms with Crippen LogP contribution in [-0.2, 0) is 11.8 Å². The average molecular weight is 460 g/mol. The van der Waals surface area contributed by atoms with Gasteiger partial charge in [0.2, 0.25) is 5.91 Å². The number of rotatable bonds is 8. The lowest BCUT2D eigenvalue weighted by Crippen LogP contribution is -2.53. The number of hydrogen-bond donors (Lipinski definition) is 1. The summed E-state index contributed by atoms with van der Waals surface area (Å²) >= 11 is 0. The van der Waals surface area contributed by atoms with E-state index in [1.807, 2.05) is 74.5 Å². The molecule has 1 atom stereocenters. The molecule has 34 heavy (non-hydrogen) atoms. The summed E-state index contributed by atoms with van der Waals surface area (Å²) < 4.78 is 1.41. The Labute approximate surface area is 201 Å². The molecule has 2 amide bonds. The van der Waals surface area contributed by atoms with Gasteiger partial charge in [0, 0.05) is 38.3 Å². The van der Waals surface area contributed by atoms with E-state index >= 15 is 0 Å². The first-order valence-electron chi connectivity index (χ1n) is 11.5. The Hall–Kier alpha value is -3.67. The van der Waals surface area contributed by atoms with E-state index in [1.165, 1.54) is 4.57 Å². The summed E-state index contributed by atoms with van der Waals surface area (Å²) in [6.45, 7) is 5.88. The van der Waals surface area contributed by atoms with E-state index in [9.17, 15) is 14.4 Å². The van der Waals surface area contributed by atoms with Gasteiger partial charge >= 0.3 is 0 Å². The molecule has 3 aromatic rings. The quantitative estimate of drug-likeness (QED) is 0.558. The van der Waals surface area contributed by atoms with Gasteiger partial charge in [0.15, 0.2) is 0 Å². The summed E-state index contributed by atoms with van der Waals surface area (Å²) in [7, 11) is 3.22. The molecule has 0 saturated heterocycles. The molecule has 2 aromatic carbocycles. The highest BCUT2D eigenvalue weighted by molar-refractivity contribution is 5.97. The zero-order valence-electron chi connectivity index (χ0n) is 20.5. The molecule has 0 aliphatic heterocycles. The fourth-order valence-corrected chi connectivity index (χ4v) is 4.41. The third kappa shape index (κ3) is 5.45. The Balaban J connectivity index is 2.14. The maximum atomic E-state index is 14.0. The summed E-state index contributed by atoms with van der Waals surface area (Å²) in [5.41, 5.74) is 2.83. The molecule has 0 aliphatic rings. The molecule has 0 fully saturated rings. The largest absolute Gasteiger partial charge is 0.357 e. The molecule has 1 unspecified atom stereocenters. The number of nitrogens with one attached hydrogen (secondary N) is 1. The highest BCUT2D eigenvalue weighted by Gasteiger charge is 2.35. The minimum Gasteiger partial charge on any atom is -0.357 e. The number of amides is 2. The number of pyridine rings is 1. The first kappa shape index (κ1) is 25.0. The lowest BCUT2D eigenvalue weighted by molar-refractivity contribution is -0.126. The van der Waals surface area contributed by atoms with Gasteiger partial charge in [0.25, 0.3) is 11.5 Å². The van der Waals surface area contributed by atoms with Crippen molar-refractivity contribution >= 4 is 11.8 Å². The van der Waals surface area contributed by atoms with Crippen LogP contribution in [-0.4, -0.2) is 40.9 Å². The Morgan fingerprint density at radius 2 is 1.50 bits per heavy atom. The molecule has 0 spiro atoms. The molecule has 1 N–H and O–H groups in total. The van der Waals surface area contributed by atoms with Crippen molar-refractivity contribution in [1.29, 1.82) is 0 Å². The maximum Gasteiger partial charge on any atom is 0.256 e. The maximum absolute atomic E-state index is 14.0. The highest BCUT2D eigenvalue weighted by atomic mass is 16.2. The zero-order valence-corrected chi connectivity index (χ0v) is 20.5. The third-order valence-electron chi connectivity index (χ3n) is 6.14. The van der Waals surface area contributed by atoms with Crippen LogP contribution >= 0.6 is 0 Å². The molecule has 1 heterocycles. The number of nitrogens with zero attached hydrogens (tertiary/aromatic N) is 2. The van der Waals surface area contributed by atoms with Gasteiger partial charge in [-0.1, -0.05) is 74.5 Å². The Kier molecular flexibility index (Phi) is 8.05. The van der Waals surface area contributed by atoms with Crippen molar-refractivity contribution in [3.05, 3.63) is 106 Å². The third-order valence-corrected chi connectivity index (χ3v) is 6.14. The second-order valence-corrected chi connectivity index (χ2v) is 8.96. The van der Waals surface area contributed by atoms with Gasteiger partial charge in [-0.25, -0.2) is 0 Å². The first-order chi connectivity index (χ1) is 16.2. The normalized spacial score (nSPS) is 12.0. The van der Waals surface area contributed by atoms with Crippen LogP contribution in [0.3, 0.4) is 0 Å². The molecular weight excluding hydrogens is 426 g/mol. The molecule has 0 aliphatic carbocycles. The van der Waals surface area contributed by atoms with Gasteiger partial charge in [-0.2, -0.15) is 0 Å². The van der Waals surface area contributed by atoms with Crippen LogP contribution in [0.2, 0.25) is 0 Å². The number of carbonyl (C=O) groups is 2. The summed E-state index contributed by atoms with van der Waals surface area (Å²) in [6.07, 6.45) is 1.55. The lowest BCUT2D eigenvalue weighted by Gasteiger charge is -2.36. The van der Waals surface area contributed by atoms with E-state index in [1.54, 1.807) is 38.2 Å². The Morgan fingerprint density at radius 3 is 1.94 bits per heavy atom. The zero-order chi connectivity index (χ0) is 24.8. The predicted molar refractivity (Wildman–Crippen MR) is 135 cm³/mol. The number of aryl methyl sites for hydroxylation is 2. The van der Waals surface area contributed by atoms with Crippen LogP contribution < -0.4 is 10.9 Å². The van der Waals surface area contributed by atoms with Gasteiger partial charge in [-0.15, -0.1) is 0 Å². The molecule has 0 radical (unpaired) electrons. The molecule has 178 valence electrons. The minimum atomic E-state index is -0.676. The molecule has 0 bridgehead atoms. The second kappa shape index (κ2) is 11.0. The van der Waals surface area contributed by atoms with Crippen LogP contribution in [0.5, 0.6) is 0 Å². The van der Waals surface area contributed by atoms with Crippen molar-refractivity contribution in [2.24, 2.45) is 13.0 Å². The smallest absolute Gasteiger partial charge is 0.256 e. The van der Waals surface area contributed by atoms with E-state index in [-0.39, 0.29) is 29.2 Å². The lowest BCUT2D eigenvalue weighted by atomic mass is 9.89. The molecular formula is C28H33N3O3. The summed E-state index contributed by atoms with van der Waals surface area (Å²) in [5, 5.41) is 2.73.